The number of phenols is 2. The monoisotopic (exact) mass is 828 g/mol. The Morgan fingerprint density at radius 1 is 0.967 bits per heavy atom. The summed E-state index contributed by atoms with van der Waals surface area (Å²) in [5, 5.41) is 50.9. The number of Topliss-reactive ketones (excluding diaryl/α,β-unsaturated/α-hetero) is 1. The van der Waals surface area contributed by atoms with Gasteiger partial charge < -0.3 is 44.7 Å². The number of nitrogens with zero attached hydrogens (tertiary/aromatic N) is 3. The number of aliphatic hydroxyl groups is 2. The zero-order valence-electron chi connectivity index (χ0n) is 35.6. The number of amides is 1. The number of hydrogen-bond acceptors (Lipinski definition) is 14. The standard InChI is InChI=1S/C45H56N4O11/c1-19-11-10-12-20(2)43(56)46-35-34-33(47-45(48-34)27-15-26-16-29(45)49(17-26)18-27)30-31(39(35)54)38(53)24(6)41-32(30)42(55)44(8,60-41)58-14-13-28(57-9)21(3)40(59-25(7)50)23(5)37(52)22(4)36(19)51/h10-14,19,21-23,26-29,36-37,40,47,51-54H,15-18H2,1-9H3/b11-10+,14-13+,20-12-,46-35?/t19-,21+,22+,23+,26?,27?,28-,29?,36-,37+,40+,44-,45+/m0/s1. The number of benzene rings is 2. The SMILES string of the molecule is CO[C@H]1/C=C/O[C@@]2(C)Oc3c(C)c(O)c4c(O)c(c5c(c4c3C2=O)N[C@@]2(N=5)C3CC4CC2N(C4)C3)=NC(=O)/C(C)=C\C=C\[C@H](C)[C@H](O)[C@@H](C)[C@@H](O)[C@@H](C)[C@H](OC(C)=O)[C@@H]1C. The fraction of sp³-hybridized carbons (Fsp3) is 0.578. The highest BCUT2D eigenvalue weighted by Gasteiger charge is 2.64. The van der Waals surface area contributed by atoms with Crippen molar-refractivity contribution in [1.82, 2.24) is 4.90 Å². The van der Waals surface area contributed by atoms with Crippen LogP contribution in [0.25, 0.3) is 10.8 Å². The Labute approximate surface area is 348 Å². The van der Waals surface area contributed by atoms with Gasteiger partial charge in [0.25, 0.3) is 11.7 Å². The molecule has 3 saturated heterocycles. The lowest BCUT2D eigenvalue weighted by Crippen LogP contribution is -2.50. The predicted molar refractivity (Wildman–Crippen MR) is 219 cm³/mol. The number of rotatable bonds is 2. The molecule has 5 N–H and O–H groups in total. The first-order valence-corrected chi connectivity index (χ1v) is 20.9. The molecule has 2 aromatic rings. The molecular weight excluding hydrogens is 773 g/mol. The number of phenolic OH excluding ortho intramolecular Hbond substituents is 2. The van der Waals surface area contributed by atoms with Crippen LogP contribution in [0.2, 0.25) is 0 Å². The molecule has 15 heteroatoms. The van der Waals surface area contributed by atoms with E-state index in [1.165, 1.54) is 27.2 Å². The van der Waals surface area contributed by atoms with E-state index in [0.717, 1.165) is 25.9 Å². The molecule has 6 heterocycles. The fourth-order valence-electron chi connectivity index (χ4n) is 10.8. The minimum atomic E-state index is -1.94. The summed E-state index contributed by atoms with van der Waals surface area (Å²) in [5.41, 5.74) is 0.00938. The molecule has 14 atom stereocenters. The number of piperidine rings is 1. The number of aliphatic hydroxyl groups excluding tert-OH is 2. The van der Waals surface area contributed by atoms with Crippen LogP contribution < -0.4 is 20.8 Å². The summed E-state index contributed by atoms with van der Waals surface area (Å²) in [6.45, 7) is 14.7. The van der Waals surface area contributed by atoms with Crippen LogP contribution >= 0.6 is 0 Å². The van der Waals surface area contributed by atoms with Crippen molar-refractivity contribution in [2.45, 2.75) is 110 Å². The van der Waals surface area contributed by atoms with Crippen LogP contribution in [0.3, 0.4) is 0 Å². The van der Waals surface area contributed by atoms with Crippen LogP contribution in [0.5, 0.6) is 17.2 Å². The van der Waals surface area contributed by atoms with Gasteiger partial charge >= 0.3 is 11.8 Å². The smallest absolute Gasteiger partial charge is 0.312 e. The Morgan fingerprint density at radius 2 is 1.70 bits per heavy atom. The average Bonchev–Trinajstić information content (AvgIpc) is 3.89. The summed E-state index contributed by atoms with van der Waals surface area (Å²) in [4.78, 5) is 53.3. The van der Waals surface area contributed by atoms with Crippen LogP contribution in [0, 0.1) is 42.4 Å². The average molecular weight is 829 g/mol. The lowest BCUT2D eigenvalue weighted by atomic mass is 9.75. The van der Waals surface area contributed by atoms with Crippen molar-refractivity contribution in [3.8, 4) is 17.2 Å². The normalized spacial score (nSPS) is 40.4. The number of nitrogens with one attached hydrogen (secondary N) is 1. The molecule has 7 aliphatic rings. The molecule has 0 aromatic heterocycles. The number of carbonyl (C=O) groups excluding carboxylic acids is 3. The first kappa shape index (κ1) is 41.9. The molecule has 1 aliphatic carbocycles. The van der Waals surface area contributed by atoms with Crippen molar-refractivity contribution >= 4 is 34.1 Å². The predicted octanol–water partition coefficient (Wildman–Crippen LogP) is 3.72. The third kappa shape index (κ3) is 6.33. The van der Waals surface area contributed by atoms with Gasteiger partial charge in [-0.15, -0.1) is 0 Å². The summed E-state index contributed by atoms with van der Waals surface area (Å²) in [6.07, 6.45) is 5.83. The van der Waals surface area contributed by atoms with Crippen molar-refractivity contribution in [2.75, 3.05) is 25.5 Å². The van der Waals surface area contributed by atoms with Gasteiger partial charge in [-0.3, -0.25) is 24.3 Å². The van der Waals surface area contributed by atoms with E-state index in [1.54, 1.807) is 65.8 Å². The van der Waals surface area contributed by atoms with Crippen LogP contribution in [0.4, 0.5) is 5.69 Å². The molecular formula is C45H56N4O11. The third-order valence-electron chi connectivity index (χ3n) is 14.2. The lowest BCUT2D eigenvalue weighted by molar-refractivity contribution is -0.160. The minimum absolute atomic E-state index is 0.0377. The number of anilines is 1. The molecule has 0 radical (unpaired) electrons. The van der Waals surface area contributed by atoms with Gasteiger partial charge in [0.1, 0.15) is 34.0 Å². The van der Waals surface area contributed by atoms with Crippen molar-refractivity contribution < 1.29 is 53.8 Å². The van der Waals surface area contributed by atoms with Gasteiger partial charge in [0.05, 0.1) is 47.3 Å². The number of hydrogen-bond donors (Lipinski definition) is 5. The molecule has 9 rings (SSSR count). The van der Waals surface area contributed by atoms with Gasteiger partial charge in [0, 0.05) is 80.2 Å². The van der Waals surface area contributed by atoms with Crippen molar-refractivity contribution in [3.05, 3.63) is 58.0 Å². The first-order valence-electron chi connectivity index (χ1n) is 20.9. The summed E-state index contributed by atoms with van der Waals surface area (Å²) in [6, 6.07) is 0.0377. The van der Waals surface area contributed by atoms with Crippen LogP contribution in [-0.2, 0) is 23.8 Å². The number of aromatic hydroxyl groups is 2. The largest absolute Gasteiger partial charge is 0.507 e. The van der Waals surface area contributed by atoms with Crippen LogP contribution in [0.1, 0.15) is 77.2 Å². The number of esters is 1. The van der Waals surface area contributed by atoms with E-state index in [2.05, 4.69) is 15.2 Å². The zero-order valence-corrected chi connectivity index (χ0v) is 35.6. The molecule has 322 valence electrons. The maximum absolute atomic E-state index is 14.8. The number of carbonyl (C=O) groups is 3. The summed E-state index contributed by atoms with van der Waals surface area (Å²) < 4.78 is 24.1. The van der Waals surface area contributed by atoms with E-state index in [4.69, 9.17) is 23.9 Å². The molecule has 1 saturated carbocycles. The Hall–Kier alpha value is -4.83. The van der Waals surface area contributed by atoms with Gasteiger partial charge in [0.15, 0.2) is 5.75 Å². The molecule has 6 aliphatic heterocycles. The van der Waals surface area contributed by atoms with Crippen molar-refractivity contribution in [1.29, 1.82) is 0 Å². The number of allylic oxidation sites excluding steroid dienone is 2. The maximum Gasteiger partial charge on any atom is 0.312 e. The summed E-state index contributed by atoms with van der Waals surface area (Å²) in [5.74, 6) is -6.27. The van der Waals surface area contributed by atoms with Gasteiger partial charge in [-0.2, -0.15) is 0 Å². The molecule has 4 fully saturated rings. The van der Waals surface area contributed by atoms with Gasteiger partial charge in [-0.25, -0.2) is 4.99 Å². The second kappa shape index (κ2) is 15.0. The molecule has 60 heavy (non-hydrogen) atoms. The van der Waals surface area contributed by atoms with Gasteiger partial charge in [-0.05, 0) is 38.7 Å². The number of methoxy groups -OCH3 is 1. The molecule has 8 bridgehead atoms. The molecule has 1 spiro atoms. The van der Waals surface area contributed by atoms with Crippen LogP contribution in [0.15, 0.2) is 46.1 Å². The molecule has 15 nitrogen and oxygen atoms in total. The Morgan fingerprint density at radius 3 is 2.38 bits per heavy atom. The summed E-state index contributed by atoms with van der Waals surface area (Å²) in [7, 11) is 1.47. The quantitative estimate of drug-likeness (QED) is 0.216. The minimum Gasteiger partial charge on any atom is -0.507 e. The van der Waals surface area contributed by atoms with Crippen molar-refractivity contribution in [2.24, 2.45) is 45.5 Å². The van der Waals surface area contributed by atoms with E-state index in [-0.39, 0.29) is 61.6 Å². The Kier molecular flexibility index (Phi) is 10.4. The highest BCUT2D eigenvalue weighted by Crippen LogP contribution is 2.56. The molecule has 4 unspecified atom stereocenters. The Balaban J connectivity index is 1.32. The van der Waals surface area contributed by atoms with E-state index >= 15 is 0 Å². The fourth-order valence-corrected chi connectivity index (χ4v) is 10.8. The van der Waals surface area contributed by atoms with E-state index in [9.17, 15) is 34.8 Å². The van der Waals surface area contributed by atoms with Gasteiger partial charge in [0.2, 0.25) is 0 Å². The van der Waals surface area contributed by atoms with Gasteiger partial charge in [-0.1, -0.05) is 45.9 Å². The van der Waals surface area contributed by atoms with E-state index in [0.29, 0.717) is 11.6 Å². The van der Waals surface area contributed by atoms with Crippen molar-refractivity contribution in [3.63, 3.8) is 0 Å². The lowest BCUT2D eigenvalue weighted by Gasteiger charge is -2.38. The van der Waals surface area contributed by atoms with E-state index < -0.39 is 82.9 Å². The maximum atomic E-state index is 14.8. The number of ketones is 1. The second-order valence-corrected chi connectivity index (χ2v) is 18.1. The highest BCUT2D eigenvalue weighted by atomic mass is 16.7. The first-order chi connectivity index (χ1) is 28.3. The topological polar surface area (TPSA) is 209 Å². The second-order valence-electron chi connectivity index (χ2n) is 18.1. The molecule has 1 amide bonds. The number of ether oxygens (including phenoxy) is 4. The highest BCUT2D eigenvalue weighted by molar-refractivity contribution is 6.21. The third-order valence-corrected chi connectivity index (χ3v) is 14.2. The van der Waals surface area contributed by atoms with E-state index in [1.807, 2.05) is 0 Å². The Bertz CT molecular complexity index is 2390. The number of fused-ring (bicyclic) bond motifs is 1. The molecule has 2 aromatic carbocycles. The van der Waals surface area contributed by atoms with Crippen LogP contribution in [-0.4, -0.2) is 105 Å². The summed E-state index contributed by atoms with van der Waals surface area (Å²) >= 11 is 0. The zero-order chi connectivity index (χ0) is 43.3.